The Morgan fingerprint density at radius 1 is 1.50 bits per heavy atom. The Morgan fingerprint density at radius 3 is 2.86 bits per heavy atom. The molecule has 0 aliphatic heterocycles. The molecule has 2 nitrogen and oxygen atoms in total. The minimum Gasteiger partial charge on any atom is -0.289 e. The van der Waals surface area contributed by atoms with Crippen LogP contribution in [0.5, 0.6) is 0 Å². The molecule has 0 saturated carbocycles. The zero-order valence-electron chi connectivity index (χ0n) is 8.40. The van der Waals surface area contributed by atoms with Crippen molar-refractivity contribution in [2.24, 2.45) is 0 Å². The van der Waals surface area contributed by atoms with Crippen LogP contribution >= 0.6 is 0 Å². The molecule has 14 heavy (non-hydrogen) atoms. The molecule has 1 rings (SSSR count). The number of nitrogens with zero attached hydrogens (tertiary/aromatic N) is 2. The number of benzene rings is 1. The molecule has 0 aliphatic carbocycles. The van der Waals surface area contributed by atoms with Gasteiger partial charge in [-0.05, 0) is 18.2 Å². The van der Waals surface area contributed by atoms with Crippen molar-refractivity contribution in [3.63, 3.8) is 0 Å². The van der Waals surface area contributed by atoms with Crippen molar-refractivity contribution in [2.45, 2.75) is 6.54 Å². The topological polar surface area (TPSA) is 27.0 Å². The SMILES string of the molecule is C=Cc1ccccc1CN(C)CC#N. The summed E-state index contributed by atoms with van der Waals surface area (Å²) in [5.41, 5.74) is 2.34. The minimum absolute atomic E-state index is 0.450. The summed E-state index contributed by atoms with van der Waals surface area (Å²) >= 11 is 0. The van der Waals surface area contributed by atoms with Crippen molar-refractivity contribution in [1.29, 1.82) is 5.26 Å². The van der Waals surface area contributed by atoms with E-state index in [2.05, 4.69) is 18.7 Å². The van der Waals surface area contributed by atoms with Crippen LogP contribution < -0.4 is 0 Å². The highest BCUT2D eigenvalue weighted by atomic mass is 15.1. The molecule has 0 atom stereocenters. The van der Waals surface area contributed by atoms with Crippen LogP contribution in [0, 0.1) is 11.3 Å². The molecule has 0 amide bonds. The summed E-state index contributed by atoms with van der Waals surface area (Å²) < 4.78 is 0. The normalized spacial score (nSPS) is 9.79. The molecular formula is C12H14N2. The summed E-state index contributed by atoms with van der Waals surface area (Å²) in [6.45, 7) is 5.00. The van der Waals surface area contributed by atoms with Crippen LogP contribution in [-0.4, -0.2) is 18.5 Å². The quantitative estimate of drug-likeness (QED) is 0.674. The van der Waals surface area contributed by atoms with E-state index >= 15 is 0 Å². The highest BCUT2D eigenvalue weighted by molar-refractivity contribution is 5.51. The third-order valence-electron chi connectivity index (χ3n) is 2.06. The maximum absolute atomic E-state index is 8.53. The molecule has 1 aromatic carbocycles. The van der Waals surface area contributed by atoms with Crippen molar-refractivity contribution < 1.29 is 0 Å². The van der Waals surface area contributed by atoms with Gasteiger partial charge in [0, 0.05) is 6.54 Å². The van der Waals surface area contributed by atoms with E-state index < -0.39 is 0 Å². The summed E-state index contributed by atoms with van der Waals surface area (Å²) in [6.07, 6.45) is 1.84. The van der Waals surface area contributed by atoms with Crippen molar-refractivity contribution in [1.82, 2.24) is 4.90 Å². The van der Waals surface area contributed by atoms with E-state index in [1.165, 1.54) is 5.56 Å². The molecule has 72 valence electrons. The fourth-order valence-corrected chi connectivity index (χ4v) is 1.34. The average Bonchev–Trinajstić information content (AvgIpc) is 2.19. The Labute approximate surface area is 85.1 Å². The second-order valence-corrected chi connectivity index (χ2v) is 3.23. The molecule has 0 fully saturated rings. The Hall–Kier alpha value is -1.59. The predicted octanol–water partition coefficient (Wildman–Crippen LogP) is 2.28. The number of nitriles is 1. The van der Waals surface area contributed by atoms with E-state index in [4.69, 9.17) is 5.26 Å². The Balaban J connectivity index is 2.76. The molecule has 0 heterocycles. The fraction of sp³-hybridized carbons (Fsp3) is 0.250. The lowest BCUT2D eigenvalue weighted by Gasteiger charge is -2.14. The third-order valence-corrected chi connectivity index (χ3v) is 2.06. The predicted molar refractivity (Wildman–Crippen MR) is 58.5 cm³/mol. The molecular weight excluding hydrogens is 172 g/mol. The van der Waals surface area contributed by atoms with E-state index in [0.717, 1.165) is 12.1 Å². The molecule has 0 saturated heterocycles. The maximum Gasteiger partial charge on any atom is 0.0866 e. The van der Waals surface area contributed by atoms with Crippen LogP contribution in [0.3, 0.4) is 0 Å². The van der Waals surface area contributed by atoms with E-state index in [1.54, 1.807) is 0 Å². The first-order chi connectivity index (χ1) is 6.77. The second-order valence-electron chi connectivity index (χ2n) is 3.23. The lowest BCUT2D eigenvalue weighted by Crippen LogP contribution is -2.18. The van der Waals surface area contributed by atoms with Gasteiger partial charge in [0.05, 0.1) is 12.6 Å². The number of rotatable bonds is 4. The first-order valence-electron chi connectivity index (χ1n) is 4.53. The molecule has 0 bridgehead atoms. The first-order valence-corrected chi connectivity index (χ1v) is 4.53. The van der Waals surface area contributed by atoms with E-state index in [9.17, 15) is 0 Å². The number of hydrogen-bond acceptors (Lipinski definition) is 2. The van der Waals surface area contributed by atoms with Gasteiger partial charge < -0.3 is 0 Å². The summed E-state index contributed by atoms with van der Waals surface area (Å²) in [5.74, 6) is 0. The van der Waals surface area contributed by atoms with Gasteiger partial charge in [-0.3, -0.25) is 4.90 Å². The van der Waals surface area contributed by atoms with Gasteiger partial charge in [0.2, 0.25) is 0 Å². The summed E-state index contributed by atoms with van der Waals surface area (Å²) in [6, 6.07) is 10.2. The van der Waals surface area contributed by atoms with Gasteiger partial charge in [0.25, 0.3) is 0 Å². The molecule has 0 aliphatic rings. The van der Waals surface area contributed by atoms with Crippen molar-refractivity contribution in [2.75, 3.05) is 13.6 Å². The summed E-state index contributed by atoms with van der Waals surface area (Å²) in [5, 5.41) is 8.53. The number of hydrogen-bond donors (Lipinski definition) is 0. The molecule has 0 radical (unpaired) electrons. The lowest BCUT2D eigenvalue weighted by atomic mass is 10.1. The van der Waals surface area contributed by atoms with Crippen molar-refractivity contribution in [3.8, 4) is 6.07 Å². The van der Waals surface area contributed by atoms with Crippen molar-refractivity contribution in [3.05, 3.63) is 42.0 Å². The van der Waals surface area contributed by atoms with Crippen molar-refractivity contribution >= 4 is 6.08 Å². The van der Waals surface area contributed by atoms with Gasteiger partial charge in [-0.25, -0.2) is 0 Å². The van der Waals surface area contributed by atoms with Crippen LogP contribution in [0.4, 0.5) is 0 Å². The van der Waals surface area contributed by atoms with Crippen LogP contribution in [0.15, 0.2) is 30.8 Å². The highest BCUT2D eigenvalue weighted by Crippen LogP contribution is 2.11. The average molecular weight is 186 g/mol. The zero-order chi connectivity index (χ0) is 10.4. The van der Waals surface area contributed by atoms with Gasteiger partial charge in [-0.2, -0.15) is 5.26 Å². The molecule has 0 N–H and O–H groups in total. The summed E-state index contributed by atoms with van der Waals surface area (Å²) in [7, 11) is 1.93. The molecule has 0 unspecified atom stereocenters. The van der Waals surface area contributed by atoms with Gasteiger partial charge in [0.15, 0.2) is 0 Å². The van der Waals surface area contributed by atoms with E-state index in [-0.39, 0.29) is 0 Å². The minimum atomic E-state index is 0.450. The van der Waals surface area contributed by atoms with E-state index in [0.29, 0.717) is 6.54 Å². The van der Waals surface area contributed by atoms with Gasteiger partial charge in [-0.15, -0.1) is 0 Å². The van der Waals surface area contributed by atoms with Crippen LogP contribution in [-0.2, 0) is 6.54 Å². The fourth-order valence-electron chi connectivity index (χ4n) is 1.34. The zero-order valence-corrected chi connectivity index (χ0v) is 8.40. The Morgan fingerprint density at radius 2 is 2.21 bits per heavy atom. The lowest BCUT2D eigenvalue weighted by molar-refractivity contribution is 0.367. The Bertz CT molecular complexity index is 350. The smallest absolute Gasteiger partial charge is 0.0866 e. The molecule has 1 aromatic rings. The van der Waals surface area contributed by atoms with Crippen LogP contribution in [0.25, 0.3) is 6.08 Å². The maximum atomic E-state index is 8.53. The standard InChI is InChI=1S/C12H14N2/c1-3-11-6-4-5-7-12(11)10-14(2)9-8-13/h3-7H,1,9-10H2,2H3. The molecule has 0 spiro atoms. The van der Waals surface area contributed by atoms with Gasteiger partial charge >= 0.3 is 0 Å². The second kappa shape index (κ2) is 5.21. The van der Waals surface area contributed by atoms with Gasteiger partial charge in [0.1, 0.15) is 0 Å². The van der Waals surface area contributed by atoms with Crippen LogP contribution in [0.2, 0.25) is 0 Å². The highest BCUT2D eigenvalue weighted by Gasteiger charge is 2.01. The largest absolute Gasteiger partial charge is 0.289 e. The molecule has 2 heteroatoms. The Kier molecular flexibility index (Phi) is 3.90. The van der Waals surface area contributed by atoms with Crippen LogP contribution in [0.1, 0.15) is 11.1 Å². The van der Waals surface area contributed by atoms with Gasteiger partial charge in [-0.1, -0.05) is 36.9 Å². The monoisotopic (exact) mass is 186 g/mol. The first kappa shape index (κ1) is 10.5. The van der Waals surface area contributed by atoms with E-state index in [1.807, 2.05) is 36.2 Å². The molecule has 0 aromatic heterocycles. The third kappa shape index (κ3) is 2.72. The summed E-state index contributed by atoms with van der Waals surface area (Å²) in [4.78, 5) is 1.97.